The Balaban J connectivity index is 2.34. The van der Waals surface area contributed by atoms with Crippen LogP contribution in [-0.4, -0.2) is 30.2 Å². The van der Waals surface area contributed by atoms with Crippen molar-refractivity contribution in [3.8, 4) is 0 Å². The van der Waals surface area contributed by atoms with Crippen LogP contribution in [0.2, 0.25) is 0 Å². The number of aliphatic hydroxyl groups is 1. The monoisotopic (exact) mass is 221 g/mol. The van der Waals surface area contributed by atoms with Gasteiger partial charge in [0.2, 0.25) is 0 Å². The number of primary amides is 1. The van der Waals surface area contributed by atoms with Crippen LogP contribution in [0.1, 0.15) is 16.8 Å². The van der Waals surface area contributed by atoms with Crippen LogP contribution in [0.25, 0.3) is 0 Å². The molecule has 5 nitrogen and oxygen atoms in total. The predicted octanol–water partition coefficient (Wildman–Crippen LogP) is -0.0613. The normalized spacial score (nSPS) is 20.1. The van der Waals surface area contributed by atoms with Crippen LogP contribution in [0.4, 0.5) is 11.4 Å². The largest absolute Gasteiger partial charge is 0.396 e. The van der Waals surface area contributed by atoms with Gasteiger partial charge in [-0.2, -0.15) is 0 Å². The predicted molar refractivity (Wildman–Crippen MR) is 62.2 cm³/mol. The molecule has 1 atom stereocenters. The van der Waals surface area contributed by atoms with Crippen LogP contribution in [0.15, 0.2) is 18.2 Å². The topological polar surface area (TPSA) is 92.6 Å². The molecule has 1 unspecified atom stereocenters. The maximum atomic E-state index is 11.1. The third-order valence-electron chi connectivity index (χ3n) is 2.85. The molecule has 1 saturated heterocycles. The molecule has 0 aliphatic carbocycles. The molecular formula is C11H15N3O2. The van der Waals surface area contributed by atoms with Crippen LogP contribution < -0.4 is 16.4 Å². The zero-order chi connectivity index (χ0) is 11.7. The summed E-state index contributed by atoms with van der Waals surface area (Å²) in [4.78, 5) is 13.1. The Bertz CT molecular complexity index is 420. The molecule has 16 heavy (non-hydrogen) atoms. The summed E-state index contributed by atoms with van der Waals surface area (Å²) < 4.78 is 0. The Labute approximate surface area is 93.6 Å². The maximum Gasteiger partial charge on any atom is 0.250 e. The first-order valence-electron chi connectivity index (χ1n) is 5.21. The van der Waals surface area contributed by atoms with Crippen LogP contribution in [0.5, 0.6) is 0 Å². The standard InChI is InChI=1S/C11H15N3O2/c12-10-8(11(13)16)2-1-3-9(10)14-5-4-7(15)6-14/h1-3,7,15H,4-6,12H2,(H2,13,16). The SMILES string of the molecule is NC(=O)c1cccc(N2CCC(O)C2)c1N. The maximum absolute atomic E-state index is 11.1. The van der Waals surface area contributed by atoms with E-state index in [1.165, 1.54) is 0 Å². The molecule has 0 radical (unpaired) electrons. The van der Waals surface area contributed by atoms with E-state index in [1.807, 2.05) is 11.0 Å². The lowest BCUT2D eigenvalue weighted by Gasteiger charge is -2.20. The molecular weight excluding hydrogens is 206 g/mol. The number of benzene rings is 1. The summed E-state index contributed by atoms with van der Waals surface area (Å²) in [5.41, 5.74) is 12.6. The van der Waals surface area contributed by atoms with Gasteiger partial charge in [0.05, 0.1) is 23.0 Å². The second-order valence-corrected chi connectivity index (χ2v) is 3.99. The number of aliphatic hydroxyl groups excluding tert-OH is 1. The summed E-state index contributed by atoms with van der Waals surface area (Å²) in [7, 11) is 0. The van der Waals surface area contributed by atoms with Crippen LogP contribution in [0, 0.1) is 0 Å². The zero-order valence-electron chi connectivity index (χ0n) is 8.89. The van der Waals surface area contributed by atoms with Crippen molar-refractivity contribution in [2.45, 2.75) is 12.5 Å². The Morgan fingerprint density at radius 3 is 2.81 bits per heavy atom. The van der Waals surface area contributed by atoms with Gasteiger partial charge in [-0.1, -0.05) is 6.07 Å². The van der Waals surface area contributed by atoms with E-state index in [4.69, 9.17) is 11.5 Å². The number of hydrogen-bond acceptors (Lipinski definition) is 4. The van der Waals surface area contributed by atoms with E-state index in [1.54, 1.807) is 12.1 Å². The van der Waals surface area contributed by atoms with Gasteiger partial charge in [-0.05, 0) is 18.6 Å². The lowest BCUT2D eigenvalue weighted by Crippen LogP contribution is -2.23. The van der Waals surface area contributed by atoms with Gasteiger partial charge in [-0.3, -0.25) is 4.79 Å². The number of hydrogen-bond donors (Lipinski definition) is 3. The number of carbonyl (C=O) groups excluding carboxylic acids is 1. The van der Waals surface area contributed by atoms with Crippen LogP contribution >= 0.6 is 0 Å². The van der Waals surface area contributed by atoms with E-state index in [2.05, 4.69) is 0 Å². The third-order valence-corrected chi connectivity index (χ3v) is 2.85. The van der Waals surface area contributed by atoms with Crippen LogP contribution in [0.3, 0.4) is 0 Å². The molecule has 1 heterocycles. The second-order valence-electron chi connectivity index (χ2n) is 3.99. The van der Waals surface area contributed by atoms with Gasteiger partial charge >= 0.3 is 0 Å². The number of β-amino-alcohol motifs (C(OH)–C–C–N with tert-alkyl or cyclic N) is 1. The molecule has 1 fully saturated rings. The summed E-state index contributed by atoms with van der Waals surface area (Å²) in [6, 6.07) is 5.18. The number of anilines is 2. The first kappa shape index (κ1) is 10.8. The van der Waals surface area contributed by atoms with Gasteiger partial charge in [-0.25, -0.2) is 0 Å². The van der Waals surface area contributed by atoms with Gasteiger partial charge in [0.15, 0.2) is 0 Å². The zero-order valence-corrected chi connectivity index (χ0v) is 8.89. The minimum atomic E-state index is -0.529. The third kappa shape index (κ3) is 1.81. The Morgan fingerprint density at radius 1 is 1.50 bits per heavy atom. The van der Waals surface area contributed by atoms with Crippen molar-refractivity contribution in [3.05, 3.63) is 23.8 Å². The molecule has 1 amide bonds. The fraction of sp³-hybridized carbons (Fsp3) is 0.364. The average molecular weight is 221 g/mol. The minimum Gasteiger partial charge on any atom is -0.396 e. The molecule has 1 aliphatic rings. The summed E-state index contributed by atoms with van der Waals surface area (Å²) in [5, 5.41) is 9.46. The molecule has 5 heteroatoms. The van der Waals surface area contributed by atoms with Crippen molar-refractivity contribution in [1.82, 2.24) is 0 Å². The molecule has 5 N–H and O–H groups in total. The fourth-order valence-corrected chi connectivity index (χ4v) is 2.00. The lowest BCUT2D eigenvalue weighted by molar-refractivity contribution is 0.100. The molecule has 0 spiro atoms. The highest BCUT2D eigenvalue weighted by atomic mass is 16.3. The number of rotatable bonds is 2. The molecule has 1 aromatic rings. The number of nitrogens with zero attached hydrogens (tertiary/aromatic N) is 1. The van der Waals surface area contributed by atoms with E-state index < -0.39 is 5.91 Å². The van der Waals surface area contributed by atoms with Crippen molar-refractivity contribution in [3.63, 3.8) is 0 Å². The Kier molecular flexibility index (Phi) is 2.70. The lowest BCUT2D eigenvalue weighted by atomic mass is 10.1. The van der Waals surface area contributed by atoms with Gasteiger partial charge in [0, 0.05) is 13.1 Å². The molecule has 0 saturated carbocycles. The highest BCUT2D eigenvalue weighted by Gasteiger charge is 2.23. The summed E-state index contributed by atoms with van der Waals surface area (Å²) >= 11 is 0. The fourth-order valence-electron chi connectivity index (χ4n) is 2.00. The van der Waals surface area contributed by atoms with Crippen molar-refractivity contribution in [1.29, 1.82) is 0 Å². The van der Waals surface area contributed by atoms with E-state index in [0.29, 0.717) is 17.8 Å². The molecule has 0 aromatic heterocycles. The number of amides is 1. The van der Waals surface area contributed by atoms with Crippen LogP contribution in [-0.2, 0) is 0 Å². The number of carbonyl (C=O) groups is 1. The molecule has 2 rings (SSSR count). The summed E-state index contributed by atoms with van der Waals surface area (Å²) in [5.74, 6) is -0.529. The number of para-hydroxylation sites is 1. The average Bonchev–Trinajstić information content (AvgIpc) is 2.64. The summed E-state index contributed by atoms with van der Waals surface area (Å²) in [6.07, 6.45) is 0.400. The van der Waals surface area contributed by atoms with Gasteiger partial charge in [0.1, 0.15) is 0 Å². The minimum absolute atomic E-state index is 0.323. The molecule has 1 aromatic carbocycles. The van der Waals surface area contributed by atoms with Crippen molar-refractivity contribution in [2.75, 3.05) is 23.7 Å². The van der Waals surface area contributed by atoms with Gasteiger partial charge in [0.25, 0.3) is 5.91 Å². The quantitative estimate of drug-likeness (QED) is 0.610. The first-order valence-corrected chi connectivity index (χ1v) is 5.21. The molecule has 1 aliphatic heterocycles. The van der Waals surface area contributed by atoms with E-state index in [9.17, 15) is 9.90 Å². The first-order chi connectivity index (χ1) is 7.59. The Hall–Kier alpha value is -1.75. The van der Waals surface area contributed by atoms with E-state index >= 15 is 0 Å². The molecule has 86 valence electrons. The van der Waals surface area contributed by atoms with Gasteiger partial charge < -0.3 is 21.5 Å². The Morgan fingerprint density at radius 2 is 2.25 bits per heavy atom. The highest BCUT2D eigenvalue weighted by Crippen LogP contribution is 2.29. The number of nitrogen functional groups attached to an aromatic ring is 1. The summed E-state index contributed by atoms with van der Waals surface area (Å²) in [6.45, 7) is 1.29. The van der Waals surface area contributed by atoms with Crippen molar-refractivity contribution >= 4 is 17.3 Å². The highest BCUT2D eigenvalue weighted by molar-refractivity contribution is 6.00. The molecule has 0 bridgehead atoms. The number of nitrogens with two attached hydrogens (primary N) is 2. The van der Waals surface area contributed by atoms with Crippen molar-refractivity contribution in [2.24, 2.45) is 5.73 Å². The van der Waals surface area contributed by atoms with Gasteiger partial charge in [-0.15, -0.1) is 0 Å². The van der Waals surface area contributed by atoms with Crippen molar-refractivity contribution < 1.29 is 9.90 Å². The van der Waals surface area contributed by atoms with E-state index in [0.717, 1.165) is 18.7 Å². The second kappa shape index (κ2) is 4.02. The smallest absolute Gasteiger partial charge is 0.250 e. The van der Waals surface area contributed by atoms with E-state index in [-0.39, 0.29) is 6.10 Å².